The van der Waals surface area contributed by atoms with Crippen molar-refractivity contribution in [2.75, 3.05) is 33.8 Å². The third kappa shape index (κ3) is 2.59. The van der Waals surface area contributed by atoms with Gasteiger partial charge in [-0.1, -0.05) is 11.6 Å². The number of furan rings is 1. The third-order valence-electron chi connectivity index (χ3n) is 4.72. The third-order valence-corrected chi connectivity index (χ3v) is 4.94. The highest BCUT2D eigenvalue weighted by molar-refractivity contribution is 6.31. The Morgan fingerprint density at radius 2 is 2.12 bits per heavy atom. The minimum Gasteiger partial charge on any atom is -0.493 e. The van der Waals surface area contributed by atoms with E-state index in [-0.39, 0.29) is 17.8 Å². The van der Waals surface area contributed by atoms with Crippen LogP contribution in [0.2, 0.25) is 5.02 Å². The maximum Gasteiger partial charge on any atom is 0.410 e. The molecule has 0 N–H and O–H groups in total. The predicted molar refractivity (Wildman–Crippen MR) is 90.1 cm³/mol. The van der Waals surface area contributed by atoms with Crippen LogP contribution in [0.25, 0.3) is 11.0 Å². The standard InChI is InChI=1S/C17H17ClN2O5/c1-19-8-17(25-16(19)22)3-4-20(9-17)15(21)13-6-10-5-11(18)7-12(23-2)14(10)24-13/h5-7H,3-4,8-9H2,1-2H3. The second-order valence-corrected chi connectivity index (χ2v) is 6.96. The number of fused-ring (bicyclic) bond motifs is 1. The van der Waals surface area contributed by atoms with E-state index in [1.165, 1.54) is 12.0 Å². The van der Waals surface area contributed by atoms with E-state index >= 15 is 0 Å². The van der Waals surface area contributed by atoms with Crippen LogP contribution < -0.4 is 4.74 Å². The molecule has 2 fully saturated rings. The first kappa shape index (κ1) is 16.1. The number of methoxy groups -OCH3 is 1. The maximum absolute atomic E-state index is 12.8. The molecule has 7 nitrogen and oxygen atoms in total. The fraction of sp³-hybridized carbons (Fsp3) is 0.412. The Balaban J connectivity index is 1.60. The van der Waals surface area contributed by atoms with Crippen molar-refractivity contribution in [2.45, 2.75) is 12.0 Å². The van der Waals surface area contributed by atoms with Crippen molar-refractivity contribution in [1.29, 1.82) is 0 Å². The summed E-state index contributed by atoms with van der Waals surface area (Å²) in [7, 11) is 3.21. The molecule has 1 aromatic carbocycles. The van der Waals surface area contributed by atoms with Crippen molar-refractivity contribution in [1.82, 2.24) is 9.80 Å². The molecule has 2 aliphatic rings. The number of ether oxygens (including phenoxy) is 2. The Bertz CT molecular complexity index is 879. The molecular formula is C17H17ClN2O5. The van der Waals surface area contributed by atoms with Gasteiger partial charge in [0.15, 0.2) is 22.7 Å². The van der Waals surface area contributed by atoms with Crippen molar-refractivity contribution in [3.8, 4) is 5.75 Å². The minimum absolute atomic E-state index is 0.213. The van der Waals surface area contributed by atoms with Crippen LogP contribution in [0.15, 0.2) is 22.6 Å². The highest BCUT2D eigenvalue weighted by Crippen LogP contribution is 2.35. The van der Waals surface area contributed by atoms with Gasteiger partial charge in [-0.15, -0.1) is 0 Å². The van der Waals surface area contributed by atoms with Gasteiger partial charge in [0.1, 0.15) is 0 Å². The van der Waals surface area contributed by atoms with Crippen molar-refractivity contribution in [3.63, 3.8) is 0 Å². The topological polar surface area (TPSA) is 72.2 Å². The number of nitrogens with zero attached hydrogens (tertiary/aromatic N) is 2. The van der Waals surface area contributed by atoms with E-state index in [4.69, 9.17) is 25.5 Å². The molecule has 8 heteroatoms. The lowest BCUT2D eigenvalue weighted by Crippen LogP contribution is -2.39. The summed E-state index contributed by atoms with van der Waals surface area (Å²) in [6.45, 7) is 1.35. The summed E-state index contributed by atoms with van der Waals surface area (Å²) in [5.74, 6) is 0.452. The van der Waals surface area contributed by atoms with Gasteiger partial charge in [0.2, 0.25) is 0 Å². The van der Waals surface area contributed by atoms with Gasteiger partial charge in [-0.2, -0.15) is 0 Å². The van der Waals surface area contributed by atoms with Crippen LogP contribution in [0.3, 0.4) is 0 Å². The Labute approximate surface area is 149 Å². The average molecular weight is 365 g/mol. The highest BCUT2D eigenvalue weighted by atomic mass is 35.5. The van der Waals surface area contributed by atoms with E-state index in [0.29, 0.717) is 47.8 Å². The first-order valence-corrected chi connectivity index (χ1v) is 8.29. The zero-order chi connectivity index (χ0) is 17.8. The minimum atomic E-state index is -0.617. The SMILES string of the molecule is COc1cc(Cl)cc2cc(C(=O)N3CCC4(CN(C)C(=O)O4)C3)oc12. The lowest BCUT2D eigenvalue weighted by Gasteiger charge is -2.21. The first-order valence-electron chi connectivity index (χ1n) is 7.91. The van der Waals surface area contributed by atoms with E-state index in [2.05, 4.69) is 0 Å². The lowest BCUT2D eigenvalue weighted by atomic mass is 10.0. The van der Waals surface area contributed by atoms with E-state index < -0.39 is 5.60 Å². The van der Waals surface area contributed by atoms with Gasteiger partial charge < -0.3 is 23.7 Å². The van der Waals surface area contributed by atoms with Crippen molar-refractivity contribution < 1.29 is 23.5 Å². The molecule has 1 aromatic heterocycles. The molecule has 0 aliphatic carbocycles. The Hall–Kier alpha value is -2.41. The van der Waals surface area contributed by atoms with Crippen molar-refractivity contribution >= 4 is 34.6 Å². The molecule has 4 rings (SSSR count). The van der Waals surface area contributed by atoms with E-state index in [1.807, 2.05) is 0 Å². The molecule has 1 unspecified atom stereocenters. The van der Waals surface area contributed by atoms with Gasteiger partial charge in [0.05, 0.1) is 20.2 Å². The predicted octanol–water partition coefficient (Wildman–Crippen LogP) is 2.76. The number of hydrogen-bond acceptors (Lipinski definition) is 5. The van der Waals surface area contributed by atoms with Gasteiger partial charge >= 0.3 is 6.09 Å². The number of carbonyl (C=O) groups is 2. The van der Waals surface area contributed by atoms with Gasteiger partial charge in [-0.3, -0.25) is 4.79 Å². The highest BCUT2D eigenvalue weighted by Gasteiger charge is 2.49. The normalized spacial score (nSPS) is 22.9. The van der Waals surface area contributed by atoms with Gasteiger partial charge in [-0.05, 0) is 12.1 Å². The number of halogens is 1. The maximum atomic E-state index is 12.8. The fourth-order valence-corrected chi connectivity index (χ4v) is 3.74. The number of likely N-dealkylation sites (N-methyl/N-ethyl adjacent to an activating group) is 1. The van der Waals surface area contributed by atoms with Crippen LogP contribution in [0, 0.1) is 0 Å². The van der Waals surface area contributed by atoms with Gasteiger partial charge in [0.25, 0.3) is 5.91 Å². The molecule has 2 saturated heterocycles. The zero-order valence-corrected chi connectivity index (χ0v) is 14.6. The quantitative estimate of drug-likeness (QED) is 0.819. The van der Waals surface area contributed by atoms with Crippen molar-refractivity contribution in [3.05, 3.63) is 29.0 Å². The number of likely N-dealkylation sites (tertiary alicyclic amines) is 1. The molecule has 132 valence electrons. The molecule has 25 heavy (non-hydrogen) atoms. The molecule has 2 aromatic rings. The number of carbonyl (C=O) groups excluding carboxylic acids is 2. The summed E-state index contributed by atoms with van der Waals surface area (Å²) >= 11 is 6.06. The zero-order valence-electron chi connectivity index (χ0n) is 13.9. The second kappa shape index (κ2) is 5.56. The molecule has 2 amide bonds. The largest absolute Gasteiger partial charge is 0.493 e. The molecule has 1 spiro atoms. The average Bonchev–Trinajstić information content (AvgIpc) is 3.24. The van der Waals surface area contributed by atoms with E-state index in [0.717, 1.165) is 0 Å². The molecule has 1 atom stereocenters. The van der Waals surface area contributed by atoms with Crippen LogP contribution in [0.1, 0.15) is 17.0 Å². The van der Waals surface area contributed by atoms with Crippen molar-refractivity contribution in [2.24, 2.45) is 0 Å². The Morgan fingerprint density at radius 1 is 1.32 bits per heavy atom. The molecular weight excluding hydrogens is 348 g/mol. The summed E-state index contributed by atoms with van der Waals surface area (Å²) in [6.07, 6.45) is 0.266. The smallest absolute Gasteiger partial charge is 0.410 e. The van der Waals surface area contributed by atoms with E-state index in [9.17, 15) is 9.59 Å². The first-order chi connectivity index (χ1) is 11.9. The van der Waals surface area contributed by atoms with E-state index in [1.54, 1.807) is 30.1 Å². The number of rotatable bonds is 2. The van der Waals surface area contributed by atoms with Gasteiger partial charge in [0, 0.05) is 36.5 Å². The summed E-state index contributed by atoms with van der Waals surface area (Å²) in [5, 5.41) is 1.21. The molecule has 0 saturated carbocycles. The second-order valence-electron chi connectivity index (χ2n) is 6.52. The fourth-order valence-electron chi connectivity index (χ4n) is 3.52. The summed E-state index contributed by atoms with van der Waals surface area (Å²) in [6, 6.07) is 5.02. The summed E-state index contributed by atoms with van der Waals surface area (Å²) < 4.78 is 16.5. The Morgan fingerprint density at radius 3 is 2.80 bits per heavy atom. The Kier molecular flexibility index (Phi) is 3.57. The lowest BCUT2D eigenvalue weighted by molar-refractivity contribution is 0.0540. The monoisotopic (exact) mass is 364 g/mol. The summed E-state index contributed by atoms with van der Waals surface area (Å²) in [5.41, 5.74) is -0.134. The molecule has 2 aliphatic heterocycles. The van der Waals surface area contributed by atoms with Crippen LogP contribution in [0.4, 0.5) is 4.79 Å². The van der Waals surface area contributed by atoms with Crippen LogP contribution in [0.5, 0.6) is 5.75 Å². The molecule has 0 radical (unpaired) electrons. The van der Waals surface area contributed by atoms with Crippen LogP contribution in [-0.4, -0.2) is 61.2 Å². The molecule has 3 heterocycles. The molecule has 0 bridgehead atoms. The number of hydrogen-bond donors (Lipinski definition) is 0. The van der Waals surface area contributed by atoms with Crippen LogP contribution >= 0.6 is 11.6 Å². The number of benzene rings is 1. The number of amides is 2. The van der Waals surface area contributed by atoms with Crippen LogP contribution in [-0.2, 0) is 4.74 Å². The van der Waals surface area contributed by atoms with Gasteiger partial charge in [-0.25, -0.2) is 4.79 Å². The summed E-state index contributed by atoms with van der Waals surface area (Å²) in [4.78, 5) is 27.6.